The molecule has 2 aromatic carbocycles. The van der Waals surface area contributed by atoms with Crippen molar-refractivity contribution in [2.45, 2.75) is 6.92 Å². The molecule has 2 aromatic rings. The minimum atomic E-state index is -0.415. The zero-order valence-electron chi connectivity index (χ0n) is 10.2. The average Bonchev–Trinajstić information content (AvgIpc) is 2.36. The predicted molar refractivity (Wildman–Crippen MR) is 77.0 cm³/mol. The van der Waals surface area contributed by atoms with Gasteiger partial charge in [-0.15, -0.1) is 0 Å². The Kier molecular flexibility index (Phi) is 3.57. The summed E-state index contributed by atoms with van der Waals surface area (Å²) in [5.74, 6) is 0. The lowest BCUT2D eigenvalue weighted by Crippen LogP contribution is -1.96. The number of nitrogens with one attached hydrogen (secondary N) is 1. The summed E-state index contributed by atoms with van der Waals surface area (Å²) in [5.41, 5.74) is 8.10. The van der Waals surface area contributed by atoms with Crippen LogP contribution in [0.5, 0.6) is 0 Å². The van der Waals surface area contributed by atoms with E-state index in [2.05, 4.69) is 5.32 Å². The minimum Gasteiger partial charge on any atom is -0.399 e. The fourth-order valence-corrected chi connectivity index (χ4v) is 1.84. The lowest BCUT2D eigenvalue weighted by molar-refractivity contribution is -0.385. The first-order valence-corrected chi connectivity index (χ1v) is 5.92. The molecule has 0 unspecified atom stereocenters. The molecule has 98 valence electrons. The highest BCUT2D eigenvalue weighted by Gasteiger charge is 2.11. The van der Waals surface area contributed by atoms with Gasteiger partial charge in [-0.05, 0) is 31.2 Å². The highest BCUT2D eigenvalue weighted by molar-refractivity contribution is 6.33. The van der Waals surface area contributed by atoms with Crippen LogP contribution in [0.15, 0.2) is 36.4 Å². The zero-order valence-corrected chi connectivity index (χ0v) is 10.9. The van der Waals surface area contributed by atoms with Crippen molar-refractivity contribution in [2.24, 2.45) is 0 Å². The molecule has 0 spiro atoms. The summed E-state index contributed by atoms with van der Waals surface area (Å²) in [6.45, 7) is 1.69. The highest BCUT2D eigenvalue weighted by atomic mass is 35.5. The van der Waals surface area contributed by atoms with E-state index in [0.29, 0.717) is 27.6 Å². The number of benzene rings is 2. The smallest absolute Gasteiger partial charge is 0.274 e. The Balaban J connectivity index is 2.36. The standard InChI is InChI=1S/C13H12ClN3O2/c1-8-2-4-10(7-13(8)17(18)19)16-12-6-9(15)3-5-11(12)14/h2-7,16H,15H2,1H3. The summed E-state index contributed by atoms with van der Waals surface area (Å²) in [7, 11) is 0. The second-order valence-corrected chi connectivity index (χ2v) is 4.53. The molecule has 6 heteroatoms. The monoisotopic (exact) mass is 277 g/mol. The van der Waals surface area contributed by atoms with Gasteiger partial charge >= 0.3 is 0 Å². The van der Waals surface area contributed by atoms with Crippen LogP contribution in [0.1, 0.15) is 5.56 Å². The van der Waals surface area contributed by atoms with E-state index in [1.54, 1.807) is 37.3 Å². The van der Waals surface area contributed by atoms with Crippen LogP contribution in [-0.4, -0.2) is 4.92 Å². The van der Waals surface area contributed by atoms with Gasteiger partial charge < -0.3 is 11.1 Å². The Morgan fingerprint density at radius 3 is 2.68 bits per heavy atom. The normalized spacial score (nSPS) is 10.2. The van der Waals surface area contributed by atoms with Gasteiger partial charge in [0.15, 0.2) is 0 Å². The van der Waals surface area contributed by atoms with Crippen molar-refractivity contribution in [3.8, 4) is 0 Å². The van der Waals surface area contributed by atoms with E-state index in [1.165, 1.54) is 6.07 Å². The van der Waals surface area contributed by atoms with E-state index < -0.39 is 4.92 Å². The van der Waals surface area contributed by atoms with Crippen LogP contribution in [-0.2, 0) is 0 Å². The minimum absolute atomic E-state index is 0.0602. The van der Waals surface area contributed by atoms with Crippen LogP contribution in [0, 0.1) is 17.0 Å². The molecule has 0 amide bonds. The molecule has 0 atom stereocenters. The third-order valence-electron chi connectivity index (χ3n) is 2.68. The summed E-state index contributed by atoms with van der Waals surface area (Å²) in [6, 6.07) is 9.93. The van der Waals surface area contributed by atoms with E-state index in [1.807, 2.05) is 0 Å². The number of nitrogen functional groups attached to an aromatic ring is 1. The number of hydrogen-bond donors (Lipinski definition) is 2. The first-order valence-electron chi connectivity index (χ1n) is 5.54. The Bertz CT molecular complexity index is 644. The van der Waals surface area contributed by atoms with E-state index in [0.717, 1.165) is 0 Å². The van der Waals surface area contributed by atoms with Gasteiger partial charge in [0.25, 0.3) is 5.69 Å². The summed E-state index contributed by atoms with van der Waals surface area (Å²) in [4.78, 5) is 10.5. The van der Waals surface area contributed by atoms with Crippen molar-refractivity contribution in [3.05, 3.63) is 57.1 Å². The molecular formula is C13H12ClN3O2. The van der Waals surface area contributed by atoms with Crippen LogP contribution in [0.2, 0.25) is 5.02 Å². The van der Waals surface area contributed by atoms with Crippen molar-refractivity contribution in [2.75, 3.05) is 11.1 Å². The fourth-order valence-electron chi connectivity index (χ4n) is 1.68. The van der Waals surface area contributed by atoms with E-state index in [-0.39, 0.29) is 5.69 Å². The fraction of sp³-hybridized carbons (Fsp3) is 0.0769. The van der Waals surface area contributed by atoms with Gasteiger partial charge in [0, 0.05) is 23.0 Å². The number of nitro benzene ring substituents is 1. The summed E-state index contributed by atoms with van der Waals surface area (Å²) < 4.78 is 0. The third kappa shape index (κ3) is 2.95. The zero-order chi connectivity index (χ0) is 14.0. The highest BCUT2D eigenvalue weighted by Crippen LogP contribution is 2.29. The lowest BCUT2D eigenvalue weighted by atomic mass is 10.2. The topological polar surface area (TPSA) is 81.2 Å². The maximum Gasteiger partial charge on any atom is 0.274 e. The SMILES string of the molecule is Cc1ccc(Nc2cc(N)ccc2Cl)cc1[N+](=O)[O-]. The molecule has 0 aliphatic carbocycles. The number of rotatable bonds is 3. The number of aryl methyl sites for hydroxylation is 1. The Hall–Kier alpha value is -2.27. The molecular weight excluding hydrogens is 266 g/mol. The Labute approximate surface area is 115 Å². The molecule has 0 aliphatic heterocycles. The molecule has 0 radical (unpaired) electrons. The van der Waals surface area contributed by atoms with Gasteiger partial charge in [-0.3, -0.25) is 10.1 Å². The van der Waals surface area contributed by atoms with Gasteiger partial charge in [-0.1, -0.05) is 17.7 Å². The summed E-state index contributed by atoms with van der Waals surface area (Å²) in [6.07, 6.45) is 0. The Morgan fingerprint density at radius 1 is 1.26 bits per heavy atom. The van der Waals surface area contributed by atoms with E-state index in [4.69, 9.17) is 17.3 Å². The largest absolute Gasteiger partial charge is 0.399 e. The Morgan fingerprint density at radius 2 is 2.00 bits per heavy atom. The van der Waals surface area contributed by atoms with Crippen LogP contribution in [0.3, 0.4) is 0 Å². The van der Waals surface area contributed by atoms with Crippen LogP contribution >= 0.6 is 11.6 Å². The van der Waals surface area contributed by atoms with Crippen molar-refractivity contribution in [1.82, 2.24) is 0 Å². The molecule has 0 fully saturated rings. The van der Waals surface area contributed by atoms with Gasteiger partial charge in [0.2, 0.25) is 0 Å². The number of hydrogen-bond acceptors (Lipinski definition) is 4. The number of nitrogens with zero attached hydrogens (tertiary/aromatic N) is 1. The molecule has 3 N–H and O–H groups in total. The van der Waals surface area contributed by atoms with Crippen molar-refractivity contribution in [3.63, 3.8) is 0 Å². The van der Waals surface area contributed by atoms with Crippen LogP contribution in [0.25, 0.3) is 0 Å². The van der Waals surface area contributed by atoms with Crippen molar-refractivity contribution < 1.29 is 4.92 Å². The maximum absolute atomic E-state index is 10.9. The van der Waals surface area contributed by atoms with Crippen LogP contribution < -0.4 is 11.1 Å². The quantitative estimate of drug-likeness (QED) is 0.507. The van der Waals surface area contributed by atoms with Gasteiger partial charge in [0.05, 0.1) is 15.6 Å². The van der Waals surface area contributed by atoms with Gasteiger partial charge in [-0.25, -0.2) is 0 Å². The molecule has 5 nitrogen and oxygen atoms in total. The van der Waals surface area contributed by atoms with E-state index >= 15 is 0 Å². The molecule has 0 saturated carbocycles. The third-order valence-corrected chi connectivity index (χ3v) is 3.00. The second kappa shape index (κ2) is 5.16. The predicted octanol–water partition coefficient (Wildman–Crippen LogP) is 3.88. The molecule has 0 bridgehead atoms. The average molecular weight is 278 g/mol. The summed E-state index contributed by atoms with van der Waals surface area (Å²) in [5, 5.41) is 14.4. The van der Waals surface area contributed by atoms with Gasteiger partial charge in [0.1, 0.15) is 0 Å². The molecule has 19 heavy (non-hydrogen) atoms. The van der Waals surface area contributed by atoms with Gasteiger partial charge in [-0.2, -0.15) is 0 Å². The first-order chi connectivity index (χ1) is 8.97. The van der Waals surface area contributed by atoms with Crippen molar-refractivity contribution >= 4 is 34.4 Å². The molecule has 2 rings (SSSR count). The number of nitrogens with two attached hydrogens (primary N) is 1. The molecule has 0 heterocycles. The molecule has 0 aromatic heterocycles. The second-order valence-electron chi connectivity index (χ2n) is 4.12. The number of anilines is 3. The number of halogens is 1. The first kappa shape index (κ1) is 13.2. The van der Waals surface area contributed by atoms with E-state index in [9.17, 15) is 10.1 Å². The maximum atomic E-state index is 10.9. The van der Waals surface area contributed by atoms with Crippen LogP contribution in [0.4, 0.5) is 22.7 Å². The molecule has 0 aliphatic rings. The number of nitro groups is 1. The lowest BCUT2D eigenvalue weighted by Gasteiger charge is -2.09. The summed E-state index contributed by atoms with van der Waals surface area (Å²) >= 11 is 6.03. The van der Waals surface area contributed by atoms with Crippen molar-refractivity contribution in [1.29, 1.82) is 0 Å². The molecule has 0 saturated heterocycles.